The van der Waals surface area contributed by atoms with Crippen LogP contribution in [0.4, 0.5) is 4.39 Å². The number of nitrogens with two attached hydrogens (primary N) is 1. The molecule has 196 valence electrons. The summed E-state index contributed by atoms with van der Waals surface area (Å²) in [6.07, 6.45) is 7.27. The van der Waals surface area contributed by atoms with Crippen LogP contribution in [0.3, 0.4) is 0 Å². The largest absolute Gasteiger partial charge is 0.491 e. The van der Waals surface area contributed by atoms with Gasteiger partial charge in [0.25, 0.3) is 0 Å². The summed E-state index contributed by atoms with van der Waals surface area (Å²) in [6, 6.07) is 10.9. The molecule has 0 amide bonds. The number of aliphatic hydroxyl groups excluding tert-OH is 1. The average molecular weight is 516 g/mol. The lowest BCUT2D eigenvalue weighted by Crippen LogP contribution is -2.42. The number of H-pyrrole nitrogens is 1. The number of nitrogens with zero attached hydrogens (tertiary/aromatic N) is 3. The first-order chi connectivity index (χ1) is 18.5. The molecule has 1 aliphatic heterocycles. The number of benzene rings is 1. The van der Waals surface area contributed by atoms with Crippen molar-refractivity contribution >= 4 is 28.9 Å². The van der Waals surface area contributed by atoms with Crippen LogP contribution in [-0.4, -0.2) is 70.5 Å². The molecule has 5 rings (SSSR count). The molecule has 4 heterocycles. The number of hydrogen-bond donors (Lipinski definition) is 3. The second kappa shape index (κ2) is 11.6. The van der Waals surface area contributed by atoms with Gasteiger partial charge in [0.15, 0.2) is 0 Å². The molecule has 0 radical (unpaired) electrons. The lowest BCUT2D eigenvalue weighted by Gasteiger charge is -2.28. The summed E-state index contributed by atoms with van der Waals surface area (Å²) in [4.78, 5) is 13.7. The standard InChI is InChI=1S/C29H30FN5O3/c1-19(21-3-2-8-32-15-21)13-24-26(14-31)34-29-28(24)27(25(30)16-33-29)20-4-6-23(7-5-20)38-18-22(36)17-35-9-11-37-12-10-35/h2-8,13-16,22,36H,1,9-12,17-18,31H2,(H,33,34)/b24-13+,26-14+. The maximum absolute atomic E-state index is 15.3. The molecular formula is C29H30FN5O3. The van der Waals surface area contributed by atoms with Crippen molar-refractivity contribution in [3.63, 3.8) is 0 Å². The van der Waals surface area contributed by atoms with Gasteiger partial charge in [0.05, 0.1) is 24.8 Å². The molecule has 4 N–H and O–H groups in total. The highest BCUT2D eigenvalue weighted by atomic mass is 19.1. The average Bonchev–Trinajstić information content (AvgIpc) is 3.30. The summed E-state index contributed by atoms with van der Waals surface area (Å²) in [5.74, 6) is 0.124. The number of hydrogen-bond acceptors (Lipinski definition) is 7. The molecule has 1 aliphatic rings. The van der Waals surface area contributed by atoms with Crippen LogP contribution in [0.2, 0.25) is 0 Å². The molecule has 3 aromatic heterocycles. The second-order valence-electron chi connectivity index (χ2n) is 9.14. The van der Waals surface area contributed by atoms with Crippen LogP contribution in [-0.2, 0) is 4.74 Å². The third-order valence-corrected chi connectivity index (χ3v) is 6.52. The van der Waals surface area contributed by atoms with Crippen LogP contribution in [0, 0.1) is 5.82 Å². The van der Waals surface area contributed by atoms with Crippen molar-refractivity contribution in [3.8, 4) is 16.9 Å². The van der Waals surface area contributed by atoms with Crippen molar-refractivity contribution in [1.82, 2.24) is 19.9 Å². The molecule has 0 bridgehead atoms. The Morgan fingerprint density at radius 3 is 2.74 bits per heavy atom. The van der Waals surface area contributed by atoms with Crippen molar-refractivity contribution in [3.05, 3.63) is 83.5 Å². The summed E-state index contributed by atoms with van der Waals surface area (Å²) in [7, 11) is 0. The van der Waals surface area contributed by atoms with E-state index in [-0.39, 0.29) is 6.61 Å². The molecule has 1 aromatic carbocycles. The number of aliphatic hydroxyl groups is 1. The quantitative estimate of drug-likeness (QED) is 0.329. The Morgan fingerprint density at radius 2 is 2.03 bits per heavy atom. The number of rotatable bonds is 8. The Balaban J connectivity index is 1.43. The SMILES string of the molecule is C=C(/C=c1\c(=C/N)[nH]c2ncc(F)c(-c3ccc(OCC(O)CN4CCOCC4)cc3)c12)c1cccnc1. The van der Waals surface area contributed by atoms with Gasteiger partial charge in [0, 0.05) is 54.4 Å². The van der Waals surface area contributed by atoms with Crippen LogP contribution in [0.25, 0.3) is 40.0 Å². The van der Waals surface area contributed by atoms with E-state index < -0.39 is 11.9 Å². The zero-order valence-corrected chi connectivity index (χ0v) is 20.9. The zero-order valence-electron chi connectivity index (χ0n) is 20.9. The first-order valence-corrected chi connectivity index (χ1v) is 12.4. The van der Waals surface area contributed by atoms with Crippen LogP contribution in [0.1, 0.15) is 5.56 Å². The second-order valence-corrected chi connectivity index (χ2v) is 9.14. The molecule has 0 spiro atoms. The van der Waals surface area contributed by atoms with Gasteiger partial charge in [0.1, 0.15) is 29.9 Å². The number of β-amino-alcohol motifs (C(OH)–C–C–N with tert-alkyl or cyclic N) is 1. The van der Waals surface area contributed by atoms with E-state index in [1.165, 1.54) is 12.4 Å². The molecule has 1 saturated heterocycles. The predicted molar refractivity (Wildman–Crippen MR) is 146 cm³/mol. The Bertz CT molecular complexity index is 1530. The Kier molecular flexibility index (Phi) is 7.78. The van der Waals surface area contributed by atoms with Gasteiger partial charge in [-0.1, -0.05) is 24.8 Å². The van der Waals surface area contributed by atoms with Gasteiger partial charge in [-0.25, -0.2) is 9.37 Å². The van der Waals surface area contributed by atoms with Gasteiger partial charge < -0.3 is 25.3 Å². The van der Waals surface area contributed by atoms with Crippen LogP contribution < -0.4 is 21.0 Å². The Morgan fingerprint density at radius 1 is 1.24 bits per heavy atom. The molecule has 1 atom stereocenters. The zero-order chi connectivity index (χ0) is 26.5. The van der Waals surface area contributed by atoms with Gasteiger partial charge in [-0.05, 0) is 41.0 Å². The van der Waals surface area contributed by atoms with Crippen LogP contribution in [0.15, 0.2) is 61.6 Å². The number of fused-ring (bicyclic) bond motifs is 1. The fourth-order valence-electron chi connectivity index (χ4n) is 4.59. The van der Waals surface area contributed by atoms with Gasteiger partial charge in [-0.3, -0.25) is 9.88 Å². The molecule has 9 heteroatoms. The van der Waals surface area contributed by atoms with Crippen LogP contribution >= 0.6 is 0 Å². The number of aromatic amines is 1. The van der Waals surface area contributed by atoms with E-state index in [1.54, 1.807) is 36.7 Å². The van der Waals surface area contributed by atoms with E-state index in [4.69, 9.17) is 15.2 Å². The Hall–Kier alpha value is -4.05. The minimum Gasteiger partial charge on any atom is -0.491 e. The highest BCUT2D eigenvalue weighted by molar-refractivity contribution is 5.98. The van der Waals surface area contributed by atoms with Crippen molar-refractivity contribution in [2.75, 3.05) is 39.5 Å². The summed E-state index contributed by atoms with van der Waals surface area (Å²) in [6.45, 7) is 7.81. The van der Waals surface area contributed by atoms with Crippen molar-refractivity contribution in [1.29, 1.82) is 0 Å². The molecule has 0 aliphatic carbocycles. The number of pyridine rings is 2. The van der Waals surface area contributed by atoms with Gasteiger partial charge >= 0.3 is 0 Å². The molecule has 1 unspecified atom stereocenters. The van der Waals surface area contributed by atoms with E-state index in [9.17, 15) is 5.11 Å². The highest BCUT2D eigenvalue weighted by Gasteiger charge is 2.17. The van der Waals surface area contributed by atoms with E-state index >= 15 is 4.39 Å². The number of halogens is 1. The third-order valence-electron chi connectivity index (χ3n) is 6.52. The monoisotopic (exact) mass is 515 g/mol. The first-order valence-electron chi connectivity index (χ1n) is 12.4. The number of aromatic nitrogens is 3. The molecule has 0 saturated carbocycles. The number of morpholine rings is 1. The molecule has 38 heavy (non-hydrogen) atoms. The summed E-state index contributed by atoms with van der Waals surface area (Å²) >= 11 is 0. The highest BCUT2D eigenvalue weighted by Crippen LogP contribution is 2.29. The Labute approximate surface area is 219 Å². The van der Waals surface area contributed by atoms with E-state index in [1.807, 2.05) is 18.2 Å². The number of allylic oxidation sites excluding steroid dienone is 1. The van der Waals surface area contributed by atoms with Gasteiger partial charge in [-0.15, -0.1) is 0 Å². The maximum Gasteiger partial charge on any atom is 0.150 e. The van der Waals surface area contributed by atoms with Crippen molar-refractivity contribution < 1.29 is 19.0 Å². The third kappa shape index (κ3) is 5.60. The molecular weight excluding hydrogens is 485 g/mol. The van der Waals surface area contributed by atoms with E-state index in [0.717, 1.165) is 18.7 Å². The molecule has 1 fully saturated rings. The molecule has 4 aromatic rings. The normalized spacial score (nSPS) is 16.2. The summed E-state index contributed by atoms with van der Waals surface area (Å²) < 4.78 is 26.4. The van der Waals surface area contributed by atoms with E-state index in [2.05, 4.69) is 26.4 Å². The number of ether oxygens (including phenoxy) is 2. The fraction of sp³-hybridized carbons (Fsp3) is 0.241. The molecule has 8 nitrogen and oxygen atoms in total. The fourth-order valence-corrected chi connectivity index (χ4v) is 4.59. The van der Waals surface area contributed by atoms with Gasteiger partial charge in [-0.2, -0.15) is 0 Å². The summed E-state index contributed by atoms with van der Waals surface area (Å²) in [5, 5.41) is 12.3. The lowest BCUT2D eigenvalue weighted by atomic mass is 10.0. The number of nitrogens with one attached hydrogen (secondary N) is 1. The first kappa shape index (κ1) is 25.6. The van der Waals surface area contributed by atoms with Crippen molar-refractivity contribution in [2.45, 2.75) is 6.10 Å². The lowest BCUT2D eigenvalue weighted by molar-refractivity contribution is 0.00465. The maximum atomic E-state index is 15.3. The predicted octanol–water partition coefficient (Wildman–Crippen LogP) is 2.03. The van der Waals surface area contributed by atoms with Crippen molar-refractivity contribution in [2.24, 2.45) is 5.73 Å². The topological polar surface area (TPSA) is 110 Å². The smallest absolute Gasteiger partial charge is 0.150 e. The minimum atomic E-state index is -0.623. The van der Waals surface area contributed by atoms with Gasteiger partial charge in [0.2, 0.25) is 0 Å². The van der Waals surface area contributed by atoms with Crippen LogP contribution in [0.5, 0.6) is 5.75 Å². The minimum absolute atomic E-state index is 0.160. The summed E-state index contributed by atoms with van der Waals surface area (Å²) in [5.41, 5.74) is 9.01. The van der Waals surface area contributed by atoms with E-state index in [0.29, 0.717) is 63.8 Å².